The average Bonchev–Trinajstić information content (AvgIpc) is 3.59. The van der Waals surface area contributed by atoms with Crippen LogP contribution in [0.2, 0.25) is 0 Å². The van der Waals surface area contributed by atoms with Crippen LogP contribution in [0.15, 0.2) is 48.5 Å². The number of fused-ring (bicyclic) bond motifs is 3. The molecule has 0 aromatic heterocycles. The number of alkyl carbamates (subject to hydrolysis) is 1. The standard InChI is InChI=1S/C24H23F3N2O6/c1-23(24(25,26)27,21(32)29-35-19(20(30)31)13-10-11-13)28-22(33)34-12-18-16-8-4-2-6-14(16)15-7-3-5-9-17(15)18/h2-9,13,18-19H,10-12H2,1H3,(H,28,33)(H,29,32)(H,30,31). The Kier molecular flexibility index (Phi) is 6.46. The number of halogens is 3. The molecular formula is C24H23F3N2O6. The third-order valence-electron chi connectivity index (χ3n) is 6.29. The number of carboxylic acids is 1. The molecule has 2 atom stereocenters. The van der Waals surface area contributed by atoms with Gasteiger partial charge in [0.25, 0.3) is 5.91 Å². The van der Waals surface area contributed by atoms with Crippen LogP contribution in [0, 0.1) is 5.92 Å². The molecule has 2 aromatic carbocycles. The highest BCUT2D eigenvalue weighted by molar-refractivity contribution is 5.90. The molecule has 0 heterocycles. The van der Waals surface area contributed by atoms with Crippen LogP contribution >= 0.6 is 0 Å². The number of hydrogen-bond donors (Lipinski definition) is 3. The van der Waals surface area contributed by atoms with Crippen molar-refractivity contribution in [1.29, 1.82) is 0 Å². The monoisotopic (exact) mass is 492 g/mol. The molecule has 35 heavy (non-hydrogen) atoms. The molecule has 1 fully saturated rings. The fourth-order valence-corrected chi connectivity index (χ4v) is 4.06. The molecule has 0 bridgehead atoms. The summed E-state index contributed by atoms with van der Waals surface area (Å²) in [7, 11) is 0. The van der Waals surface area contributed by atoms with Crippen LogP contribution < -0.4 is 10.8 Å². The van der Waals surface area contributed by atoms with E-state index in [0.717, 1.165) is 22.3 Å². The average molecular weight is 492 g/mol. The van der Waals surface area contributed by atoms with Crippen LogP contribution in [-0.2, 0) is 19.2 Å². The summed E-state index contributed by atoms with van der Waals surface area (Å²) in [5, 5.41) is 10.7. The topological polar surface area (TPSA) is 114 Å². The molecule has 8 nitrogen and oxygen atoms in total. The van der Waals surface area contributed by atoms with Crippen LogP contribution in [0.5, 0.6) is 0 Å². The lowest BCUT2D eigenvalue weighted by molar-refractivity contribution is -0.203. The van der Waals surface area contributed by atoms with E-state index in [2.05, 4.69) is 0 Å². The lowest BCUT2D eigenvalue weighted by Gasteiger charge is -2.31. The maximum atomic E-state index is 13.8. The van der Waals surface area contributed by atoms with Crippen LogP contribution in [0.25, 0.3) is 11.1 Å². The Morgan fingerprint density at radius 2 is 1.57 bits per heavy atom. The molecule has 186 valence electrons. The van der Waals surface area contributed by atoms with Crippen molar-refractivity contribution in [3.63, 3.8) is 0 Å². The van der Waals surface area contributed by atoms with Crippen molar-refractivity contribution >= 4 is 18.0 Å². The van der Waals surface area contributed by atoms with E-state index in [1.165, 1.54) is 0 Å². The number of alkyl halides is 3. The second-order valence-corrected chi connectivity index (χ2v) is 8.72. The predicted molar refractivity (Wildman–Crippen MR) is 116 cm³/mol. The molecule has 0 aliphatic heterocycles. The third-order valence-corrected chi connectivity index (χ3v) is 6.29. The molecule has 2 aromatic rings. The van der Waals surface area contributed by atoms with E-state index in [1.807, 2.05) is 48.5 Å². The Labute approximate surface area is 198 Å². The van der Waals surface area contributed by atoms with Crippen molar-refractivity contribution in [3.8, 4) is 11.1 Å². The second kappa shape index (κ2) is 9.21. The van der Waals surface area contributed by atoms with Crippen molar-refractivity contribution in [2.24, 2.45) is 5.92 Å². The van der Waals surface area contributed by atoms with Crippen molar-refractivity contribution in [3.05, 3.63) is 59.7 Å². The molecule has 4 rings (SSSR count). The van der Waals surface area contributed by atoms with E-state index in [4.69, 9.17) is 14.7 Å². The summed E-state index contributed by atoms with van der Waals surface area (Å²) in [6.45, 7) is 0.189. The number of nitrogens with one attached hydrogen (secondary N) is 2. The molecule has 1 saturated carbocycles. The summed E-state index contributed by atoms with van der Waals surface area (Å²) in [5.41, 5.74) is 1.74. The van der Waals surface area contributed by atoms with E-state index < -0.39 is 47.6 Å². The Balaban J connectivity index is 1.44. The number of rotatable bonds is 8. The minimum Gasteiger partial charge on any atom is -0.479 e. The van der Waals surface area contributed by atoms with Gasteiger partial charge in [0, 0.05) is 5.92 Å². The smallest absolute Gasteiger partial charge is 0.420 e. The summed E-state index contributed by atoms with van der Waals surface area (Å²) in [5.74, 6) is -3.98. The SMILES string of the molecule is CC(NC(=O)OCC1c2ccccc2-c2ccccc21)(C(=O)NOC(C(=O)O)C1CC1)C(F)(F)F. The molecule has 2 amide bonds. The fraction of sp³-hybridized carbons (Fsp3) is 0.375. The lowest BCUT2D eigenvalue weighted by Crippen LogP contribution is -2.65. The minimum absolute atomic E-state index is 0.255. The van der Waals surface area contributed by atoms with Gasteiger partial charge in [-0.25, -0.2) is 15.1 Å². The molecular weight excluding hydrogens is 469 g/mol. The first-order valence-corrected chi connectivity index (χ1v) is 10.9. The third kappa shape index (κ3) is 4.81. The lowest BCUT2D eigenvalue weighted by atomic mass is 9.98. The molecule has 0 radical (unpaired) electrons. The van der Waals surface area contributed by atoms with Gasteiger partial charge in [-0.15, -0.1) is 0 Å². The number of hydroxylamine groups is 1. The first kappa shape index (κ1) is 24.5. The molecule has 2 unspecified atom stereocenters. The second-order valence-electron chi connectivity index (χ2n) is 8.72. The van der Waals surface area contributed by atoms with E-state index in [9.17, 15) is 27.6 Å². The zero-order valence-corrected chi connectivity index (χ0v) is 18.6. The van der Waals surface area contributed by atoms with Crippen LogP contribution in [0.4, 0.5) is 18.0 Å². The van der Waals surface area contributed by atoms with E-state index in [1.54, 1.807) is 10.8 Å². The maximum Gasteiger partial charge on any atom is 0.420 e. The van der Waals surface area contributed by atoms with E-state index in [0.29, 0.717) is 19.8 Å². The first-order valence-electron chi connectivity index (χ1n) is 10.9. The Morgan fingerprint density at radius 3 is 2.06 bits per heavy atom. The summed E-state index contributed by atoms with van der Waals surface area (Å²) < 4.78 is 46.5. The predicted octanol–water partition coefficient (Wildman–Crippen LogP) is 3.76. The fourth-order valence-electron chi connectivity index (χ4n) is 4.06. The molecule has 2 aliphatic carbocycles. The minimum atomic E-state index is -5.23. The molecule has 2 aliphatic rings. The van der Waals surface area contributed by atoms with Gasteiger partial charge in [0.2, 0.25) is 5.54 Å². The van der Waals surface area contributed by atoms with Crippen molar-refractivity contribution in [2.75, 3.05) is 6.61 Å². The number of aliphatic carboxylic acids is 1. The summed E-state index contributed by atoms with van der Waals surface area (Å²) in [6.07, 6.45) is -7.14. The maximum absolute atomic E-state index is 13.8. The van der Waals surface area contributed by atoms with Gasteiger partial charge in [-0.2, -0.15) is 13.2 Å². The van der Waals surface area contributed by atoms with Gasteiger partial charge in [-0.3, -0.25) is 14.9 Å². The number of benzene rings is 2. The molecule has 0 saturated heterocycles. The Bertz CT molecular complexity index is 1100. The van der Waals surface area contributed by atoms with Crippen LogP contribution in [0.3, 0.4) is 0 Å². The van der Waals surface area contributed by atoms with Gasteiger partial charge in [0.1, 0.15) is 6.61 Å². The quantitative estimate of drug-likeness (QED) is 0.484. The number of carboxylic acid groups (broad SMARTS) is 1. The number of carbonyl (C=O) groups is 3. The van der Waals surface area contributed by atoms with Crippen molar-refractivity contribution in [1.82, 2.24) is 10.8 Å². The summed E-state index contributed by atoms with van der Waals surface area (Å²) in [4.78, 5) is 40.7. The van der Waals surface area contributed by atoms with Gasteiger partial charge >= 0.3 is 18.2 Å². The van der Waals surface area contributed by atoms with Crippen molar-refractivity contribution < 1.29 is 42.2 Å². The number of hydrogen-bond acceptors (Lipinski definition) is 5. The Morgan fingerprint density at radius 1 is 1.03 bits per heavy atom. The molecule has 3 N–H and O–H groups in total. The number of amides is 2. The van der Waals surface area contributed by atoms with Gasteiger partial charge in [-0.05, 0) is 47.9 Å². The first-order chi connectivity index (χ1) is 16.5. The molecule has 0 spiro atoms. The largest absolute Gasteiger partial charge is 0.479 e. The zero-order chi connectivity index (χ0) is 25.4. The Hall–Kier alpha value is -3.60. The number of ether oxygens (including phenoxy) is 1. The molecule has 11 heteroatoms. The zero-order valence-electron chi connectivity index (χ0n) is 18.6. The normalized spacial score (nSPS) is 17.5. The van der Waals surface area contributed by atoms with Gasteiger partial charge in [0.15, 0.2) is 6.10 Å². The van der Waals surface area contributed by atoms with Gasteiger partial charge in [0.05, 0.1) is 0 Å². The van der Waals surface area contributed by atoms with E-state index in [-0.39, 0.29) is 6.61 Å². The van der Waals surface area contributed by atoms with Gasteiger partial charge < -0.3 is 9.84 Å². The van der Waals surface area contributed by atoms with E-state index >= 15 is 0 Å². The van der Waals surface area contributed by atoms with Crippen LogP contribution in [0.1, 0.15) is 36.8 Å². The van der Waals surface area contributed by atoms with Gasteiger partial charge in [-0.1, -0.05) is 48.5 Å². The highest BCUT2D eigenvalue weighted by Crippen LogP contribution is 2.44. The highest BCUT2D eigenvalue weighted by Gasteiger charge is 2.59. The summed E-state index contributed by atoms with van der Waals surface area (Å²) in [6, 6.07) is 14.9. The van der Waals surface area contributed by atoms with Crippen LogP contribution in [-0.4, -0.2) is 47.5 Å². The van der Waals surface area contributed by atoms with Crippen molar-refractivity contribution in [2.45, 2.75) is 43.5 Å². The highest BCUT2D eigenvalue weighted by atomic mass is 19.4. The number of carbonyl (C=O) groups excluding carboxylic acids is 2. The summed E-state index contributed by atoms with van der Waals surface area (Å²) >= 11 is 0.